The lowest BCUT2D eigenvalue weighted by Gasteiger charge is -2.38. The molecule has 1 aromatic carbocycles. The summed E-state index contributed by atoms with van der Waals surface area (Å²) in [5.41, 5.74) is 1.75. The molecule has 0 bridgehead atoms. The van der Waals surface area contributed by atoms with Crippen molar-refractivity contribution < 1.29 is 9.21 Å². The number of urea groups is 1. The first-order chi connectivity index (χ1) is 11.8. The third-order valence-electron chi connectivity index (χ3n) is 4.97. The number of piperazine rings is 1. The van der Waals surface area contributed by atoms with E-state index in [4.69, 9.17) is 4.42 Å². The molecule has 0 spiro atoms. The standard InChI is InChI=1S/C18H24N4O2/c23-18(21-8-4-1-5-9-21)22-12-10-20(11-13-22)14-17-19-15-6-2-3-7-16(15)24-17/h2-3,6-7H,1,4-5,8-14H2. The Morgan fingerprint density at radius 1 is 0.958 bits per heavy atom. The van der Waals surface area contributed by atoms with Crippen molar-refractivity contribution >= 4 is 17.1 Å². The van der Waals surface area contributed by atoms with Gasteiger partial charge in [-0.1, -0.05) is 12.1 Å². The van der Waals surface area contributed by atoms with Gasteiger partial charge in [0.25, 0.3) is 0 Å². The van der Waals surface area contributed by atoms with Crippen molar-refractivity contribution in [1.82, 2.24) is 19.7 Å². The Hall–Kier alpha value is -2.08. The van der Waals surface area contributed by atoms with Crippen LogP contribution in [-0.4, -0.2) is 65.0 Å². The van der Waals surface area contributed by atoms with E-state index in [1.807, 2.05) is 34.1 Å². The Balaban J connectivity index is 1.31. The fraction of sp³-hybridized carbons (Fsp3) is 0.556. The number of hydrogen-bond donors (Lipinski definition) is 0. The number of aromatic nitrogens is 1. The van der Waals surface area contributed by atoms with Crippen LogP contribution >= 0.6 is 0 Å². The Kier molecular flexibility index (Phi) is 4.38. The summed E-state index contributed by atoms with van der Waals surface area (Å²) in [6, 6.07) is 8.07. The third kappa shape index (κ3) is 3.24. The number of benzene rings is 1. The Morgan fingerprint density at radius 2 is 1.67 bits per heavy atom. The average Bonchev–Trinajstić information content (AvgIpc) is 3.05. The molecule has 2 fully saturated rings. The van der Waals surface area contributed by atoms with Crippen LogP contribution in [0.5, 0.6) is 0 Å². The summed E-state index contributed by atoms with van der Waals surface area (Å²) in [6.45, 7) is 5.87. The molecule has 2 saturated heterocycles. The van der Waals surface area contributed by atoms with Gasteiger partial charge >= 0.3 is 6.03 Å². The average molecular weight is 328 g/mol. The second-order valence-electron chi connectivity index (χ2n) is 6.67. The van der Waals surface area contributed by atoms with Crippen LogP contribution in [0.2, 0.25) is 0 Å². The van der Waals surface area contributed by atoms with Gasteiger partial charge in [-0.05, 0) is 31.4 Å². The number of likely N-dealkylation sites (tertiary alicyclic amines) is 1. The molecule has 4 rings (SSSR count). The largest absolute Gasteiger partial charge is 0.439 e. The molecule has 0 aliphatic carbocycles. The highest BCUT2D eigenvalue weighted by molar-refractivity contribution is 5.74. The van der Waals surface area contributed by atoms with Crippen LogP contribution in [0, 0.1) is 0 Å². The predicted molar refractivity (Wildman–Crippen MR) is 91.7 cm³/mol. The van der Waals surface area contributed by atoms with E-state index in [9.17, 15) is 4.79 Å². The molecule has 2 aliphatic heterocycles. The molecule has 24 heavy (non-hydrogen) atoms. The van der Waals surface area contributed by atoms with E-state index in [2.05, 4.69) is 9.88 Å². The van der Waals surface area contributed by atoms with Gasteiger partial charge in [-0.3, -0.25) is 4.90 Å². The van der Waals surface area contributed by atoms with Crippen molar-refractivity contribution in [2.75, 3.05) is 39.3 Å². The molecular weight excluding hydrogens is 304 g/mol. The van der Waals surface area contributed by atoms with Crippen molar-refractivity contribution in [2.45, 2.75) is 25.8 Å². The second kappa shape index (κ2) is 6.81. The van der Waals surface area contributed by atoms with E-state index in [1.165, 1.54) is 6.42 Å². The molecule has 0 saturated carbocycles. The Bertz CT molecular complexity index is 667. The summed E-state index contributed by atoms with van der Waals surface area (Å²) in [5.74, 6) is 0.756. The number of hydrogen-bond acceptors (Lipinski definition) is 4. The van der Waals surface area contributed by atoms with Crippen LogP contribution in [0.3, 0.4) is 0 Å². The van der Waals surface area contributed by atoms with E-state index >= 15 is 0 Å². The van der Waals surface area contributed by atoms with E-state index in [0.29, 0.717) is 6.54 Å². The molecule has 0 N–H and O–H groups in total. The summed E-state index contributed by atoms with van der Waals surface area (Å²) in [5, 5.41) is 0. The molecule has 6 heteroatoms. The second-order valence-corrected chi connectivity index (χ2v) is 6.67. The first-order valence-corrected chi connectivity index (χ1v) is 8.90. The minimum atomic E-state index is 0.219. The Morgan fingerprint density at radius 3 is 2.42 bits per heavy atom. The minimum Gasteiger partial charge on any atom is -0.439 e. The monoisotopic (exact) mass is 328 g/mol. The summed E-state index contributed by atoms with van der Waals surface area (Å²) >= 11 is 0. The molecule has 0 radical (unpaired) electrons. The SMILES string of the molecule is O=C(N1CCCCC1)N1CCN(Cc2nc3ccccc3o2)CC1. The maximum atomic E-state index is 12.5. The van der Waals surface area contributed by atoms with Crippen LogP contribution in [0.25, 0.3) is 11.1 Å². The summed E-state index contributed by atoms with van der Waals surface area (Å²) in [6.07, 6.45) is 3.54. The smallest absolute Gasteiger partial charge is 0.320 e. The normalized spacial score (nSPS) is 19.8. The first-order valence-electron chi connectivity index (χ1n) is 8.90. The first kappa shape index (κ1) is 15.4. The lowest BCUT2D eigenvalue weighted by atomic mass is 10.1. The van der Waals surface area contributed by atoms with E-state index in [-0.39, 0.29) is 6.03 Å². The molecular formula is C18H24N4O2. The lowest BCUT2D eigenvalue weighted by Crippen LogP contribution is -2.53. The predicted octanol–water partition coefficient (Wildman–Crippen LogP) is 2.55. The maximum Gasteiger partial charge on any atom is 0.320 e. The topological polar surface area (TPSA) is 52.8 Å². The zero-order chi connectivity index (χ0) is 16.4. The van der Waals surface area contributed by atoms with Gasteiger partial charge in [0.1, 0.15) is 5.52 Å². The van der Waals surface area contributed by atoms with Crippen LogP contribution in [0.1, 0.15) is 25.2 Å². The molecule has 0 atom stereocenters. The highest BCUT2D eigenvalue weighted by Gasteiger charge is 2.26. The molecule has 128 valence electrons. The van der Waals surface area contributed by atoms with Crippen LogP contribution < -0.4 is 0 Å². The number of fused-ring (bicyclic) bond motifs is 1. The maximum absolute atomic E-state index is 12.5. The lowest BCUT2D eigenvalue weighted by molar-refractivity contribution is 0.101. The van der Waals surface area contributed by atoms with E-state index in [0.717, 1.165) is 69.1 Å². The Labute approximate surface area is 142 Å². The number of carbonyl (C=O) groups excluding carboxylic acids is 1. The molecule has 2 amide bonds. The number of piperidine rings is 1. The van der Waals surface area contributed by atoms with Gasteiger partial charge in [-0.25, -0.2) is 9.78 Å². The highest BCUT2D eigenvalue weighted by Crippen LogP contribution is 2.17. The number of para-hydroxylation sites is 2. The molecule has 2 aromatic rings. The van der Waals surface area contributed by atoms with E-state index < -0.39 is 0 Å². The third-order valence-corrected chi connectivity index (χ3v) is 4.97. The molecule has 6 nitrogen and oxygen atoms in total. The number of oxazole rings is 1. The molecule has 1 aromatic heterocycles. The minimum absolute atomic E-state index is 0.219. The van der Waals surface area contributed by atoms with Crippen molar-refractivity contribution in [3.05, 3.63) is 30.2 Å². The quantitative estimate of drug-likeness (QED) is 0.850. The van der Waals surface area contributed by atoms with Gasteiger partial charge in [-0.2, -0.15) is 0 Å². The van der Waals surface area contributed by atoms with Crippen LogP contribution in [0.15, 0.2) is 28.7 Å². The zero-order valence-electron chi connectivity index (χ0n) is 14.0. The van der Waals surface area contributed by atoms with Crippen LogP contribution in [0.4, 0.5) is 4.79 Å². The van der Waals surface area contributed by atoms with Gasteiger partial charge in [0.2, 0.25) is 5.89 Å². The molecule has 0 unspecified atom stereocenters. The molecule has 2 aliphatic rings. The number of carbonyl (C=O) groups is 1. The van der Waals surface area contributed by atoms with Gasteiger partial charge in [0, 0.05) is 39.3 Å². The van der Waals surface area contributed by atoms with Gasteiger partial charge in [-0.15, -0.1) is 0 Å². The fourth-order valence-electron chi connectivity index (χ4n) is 3.56. The number of nitrogens with zero attached hydrogens (tertiary/aromatic N) is 4. The van der Waals surface area contributed by atoms with Gasteiger partial charge in [0.05, 0.1) is 6.54 Å². The fourth-order valence-corrected chi connectivity index (χ4v) is 3.56. The zero-order valence-corrected chi connectivity index (χ0v) is 14.0. The molecule has 3 heterocycles. The number of amides is 2. The highest BCUT2D eigenvalue weighted by atomic mass is 16.3. The van der Waals surface area contributed by atoms with Crippen LogP contribution in [-0.2, 0) is 6.54 Å². The van der Waals surface area contributed by atoms with E-state index in [1.54, 1.807) is 0 Å². The summed E-state index contributed by atoms with van der Waals surface area (Å²) in [7, 11) is 0. The van der Waals surface area contributed by atoms with Crippen molar-refractivity contribution in [1.29, 1.82) is 0 Å². The van der Waals surface area contributed by atoms with Crippen molar-refractivity contribution in [3.63, 3.8) is 0 Å². The van der Waals surface area contributed by atoms with Crippen molar-refractivity contribution in [2.24, 2.45) is 0 Å². The van der Waals surface area contributed by atoms with Crippen molar-refractivity contribution in [3.8, 4) is 0 Å². The summed E-state index contributed by atoms with van der Waals surface area (Å²) in [4.78, 5) is 23.4. The number of rotatable bonds is 2. The van der Waals surface area contributed by atoms with Gasteiger partial charge < -0.3 is 14.2 Å². The summed E-state index contributed by atoms with van der Waals surface area (Å²) < 4.78 is 5.80. The van der Waals surface area contributed by atoms with Gasteiger partial charge in [0.15, 0.2) is 5.58 Å².